The SMILES string of the molecule is CCOC(=O)C1=C(C)NC(=S)NC1c1cccc(OC(=O)CCCC(C)=O)c1. The highest BCUT2D eigenvalue weighted by Crippen LogP contribution is 2.29. The lowest BCUT2D eigenvalue weighted by Crippen LogP contribution is -2.45. The van der Waals surface area contributed by atoms with E-state index in [4.69, 9.17) is 21.7 Å². The number of thiocarbonyl (C=S) groups is 1. The Balaban J connectivity index is 2.19. The molecule has 2 N–H and O–H groups in total. The number of ether oxygens (including phenoxy) is 2. The maximum atomic E-state index is 12.4. The van der Waals surface area contributed by atoms with Crippen molar-refractivity contribution in [2.45, 2.75) is 46.1 Å². The Hall–Kier alpha value is -2.74. The summed E-state index contributed by atoms with van der Waals surface area (Å²) in [6.07, 6.45) is 0.956. The van der Waals surface area contributed by atoms with Crippen molar-refractivity contribution in [1.82, 2.24) is 10.6 Å². The molecule has 1 aliphatic heterocycles. The van der Waals surface area contributed by atoms with Gasteiger partial charge in [0, 0.05) is 18.5 Å². The molecule has 1 heterocycles. The first kappa shape index (κ1) is 21.6. The zero-order valence-electron chi connectivity index (χ0n) is 16.2. The molecule has 0 radical (unpaired) electrons. The van der Waals surface area contributed by atoms with Gasteiger partial charge in [0.2, 0.25) is 0 Å². The molecule has 1 unspecified atom stereocenters. The fourth-order valence-corrected chi connectivity index (χ4v) is 3.12. The molecule has 0 bridgehead atoms. The van der Waals surface area contributed by atoms with Gasteiger partial charge in [-0.25, -0.2) is 4.79 Å². The van der Waals surface area contributed by atoms with Gasteiger partial charge in [-0.3, -0.25) is 4.79 Å². The summed E-state index contributed by atoms with van der Waals surface area (Å²) in [5.41, 5.74) is 1.74. The number of rotatable bonds is 8. The van der Waals surface area contributed by atoms with Gasteiger partial charge in [0.25, 0.3) is 0 Å². The number of nitrogens with one attached hydrogen (secondary N) is 2. The Bertz CT molecular complexity index is 819. The van der Waals surface area contributed by atoms with Crippen LogP contribution in [0.2, 0.25) is 0 Å². The number of esters is 2. The second-order valence-electron chi connectivity index (χ2n) is 6.39. The van der Waals surface area contributed by atoms with E-state index in [0.717, 1.165) is 0 Å². The zero-order valence-corrected chi connectivity index (χ0v) is 17.0. The lowest BCUT2D eigenvalue weighted by Gasteiger charge is -2.30. The number of allylic oxidation sites excluding steroid dienone is 1. The molecule has 0 saturated carbocycles. The summed E-state index contributed by atoms with van der Waals surface area (Å²) < 4.78 is 10.5. The van der Waals surface area contributed by atoms with Crippen LogP contribution in [0, 0.1) is 0 Å². The molecule has 8 heteroatoms. The number of Topliss-reactive ketones (excluding diaryl/α,β-unsaturated/α-hetero) is 1. The Morgan fingerprint density at radius 2 is 1.96 bits per heavy atom. The van der Waals surface area contributed by atoms with Gasteiger partial charge in [-0.1, -0.05) is 12.1 Å². The van der Waals surface area contributed by atoms with Crippen LogP contribution >= 0.6 is 12.2 Å². The molecule has 1 aromatic carbocycles. The van der Waals surface area contributed by atoms with Crippen molar-refractivity contribution in [3.63, 3.8) is 0 Å². The van der Waals surface area contributed by atoms with Gasteiger partial charge in [-0.15, -0.1) is 0 Å². The lowest BCUT2D eigenvalue weighted by molar-refractivity contribution is -0.139. The largest absolute Gasteiger partial charge is 0.463 e. The maximum Gasteiger partial charge on any atom is 0.338 e. The van der Waals surface area contributed by atoms with Gasteiger partial charge in [0.05, 0.1) is 18.2 Å². The Morgan fingerprint density at radius 1 is 1.21 bits per heavy atom. The fourth-order valence-electron chi connectivity index (χ4n) is 2.85. The smallest absolute Gasteiger partial charge is 0.338 e. The van der Waals surface area contributed by atoms with E-state index in [1.165, 1.54) is 6.92 Å². The van der Waals surface area contributed by atoms with Crippen molar-refractivity contribution < 1.29 is 23.9 Å². The zero-order chi connectivity index (χ0) is 20.7. The summed E-state index contributed by atoms with van der Waals surface area (Å²) in [5.74, 6) is -0.461. The summed E-state index contributed by atoms with van der Waals surface area (Å²) in [6, 6.07) is 6.36. The first-order valence-electron chi connectivity index (χ1n) is 9.07. The highest BCUT2D eigenvalue weighted by atomic mass is 32.1. The van der Waals surface area contributed by atoms with Crippen molar-refractivity contribution in [2.75, 3.05) is 6.61 Å². The van der Waals surface area contributed by atoms with Crippen molar-refractivity contribution in [3.8, 4) is 5.75 Å². The molecule has 150 valence electrons. The second kappa shape index (κ2) is 9.98. The molecule has 2 rings (SSSR count). The molecule has 0 spiro atoms. The van der Waals surface area contributed by atoms with E-state index < -0.39 is 18.0 Å². The predicted octanol–water partition coefficient (Wildman–Crippen LogP) is 2.71. The summed E-state index contributed by atoms with van der Waals surface area (Å²) in [7, 11) is 0. The quantitative estimate of drug-likeness (QED) is 0.388. The van der Waals surface area contributed by atoms with Crippen LogP contribution in [0.1, 0.15) is 51.6 Å². The summed E-state index contributed by atoms with van der Waals surface area (Å²) in [4.78, 5) is 35.4. The maximum absolute atomic E-state index is 12.4. The van der Waals surface area contributed by atoms with E-state index in [1.54, 1.807) is 32.0 Å². The monoisotopic (exact) mass is 404 g/mol. The van der Waals surface area contributed by atoms with E-state index in [2.05, 4.69) is 10.6 Å². The summed E-state index contributed by atoms with van der Waals surface area (Å²) in [5, 5.41) is 6.39. The van der Waals surface area contributed by atoms with E-state index in [-0.39, 0.29) is 18.8 Å². The van der Waals surface area contributed by atoms with Crippen LogP contribution in [-0.2, 0) is 19.1 Å². The number of carbonyl (C=O) groups excluding carboxylic acids is 3. The lowest BCUT2D eigenvalue weighted by atomic mass is 9.95. The third kappa shape index (κ3) is 5.88. The Labute approximate surface area is 169 Å². The minimum Gasteiger partial charge on any atom is -0.463 e. The number of carbonyl (C=O) groups is 3. The average Bonchev–Trinajstić information content (AvgIpc) is 2.61. The fraction of sp³-hybridized carbons (Fsp3) is 0.400. The molecule has 0 aromatic heterocycles. The van der Waals surface area contributed by atoms with Crippen LogP contribution in [0.15, 0.2) is 35.5 Å². The third-order valence-corrected chi connectivity index (χ3v) is 4.32. The first-order valence-corrected chi connectivity index (χ1v) is 9.48. The summed E-state index contributed by atoms with van der Waals surface area (Å²) >= 11 is 5.21. The Morgan fingerprint density at radius 3 is 2.64 bits per heavy atom. The first-order chi connectivity index (χ1) is 13.3. The van der Waals surface area contributed by atoms with E-state index in [0.29, 0.717) is 40.5 Å². The van der Waals surface area contributed by atoms with Crippen LogP contribution in [0.3, 0.4) is 0 Å². The van der Waals surface area contributed by atoms with Gasteiger partial charge in [-0.2, -0.15) is 0 Å². The molecular weight excluding hydrogens is 380 g/mol. The molecule has 0 fully saturated rings. The van der Waals surface area contributed by atoms with Gasteiger partial charge >= 0.3 is 11.9 Å². The van der Waals surface area contributed by atoms with Gasteiger partial charge < -0.3 is 24.9 Å². The highest BCUT2D eigenvalue weighted by molar-refractivity contribution is 7.80. The molecule has 1 atom stereocenters. The molecular formula is C20H24N2O5S. The van der Waals surface area contributed by atoms with Gasteiger partial charge in [0.15, 0.2) is 5.11 Å². The molecule has 28 heavy (non-hydrogen) atoms. The van der Waals surface area contributed by atoms with Crippen molar-refractivity contribution >= 4 is 35.1 Å². The molecule has 0 aliphatic carbocycles. The molecule has 0 saturated heterocycles. The molecule has 1 aliphatic rings. The topological polar surface area (TPSA) is 93.7 Å². The van der Waals surface area contributed by atoms with Crippen LogP contribution in [0.5, 0.6) is 5.75 Å². The number of hydrogen-bond donors (Lipinski definition) is 2. The van der Waals surface area contributed by atoms with Gasteiger partial charge in [0.1, 0.15) is 11.5 Å². The van der Waals surface area contributed by atoms with Crippen molar-refractivity contribution in [3.05, 3.63) is 41.1 Å². The number of hydrogen-bond acceptors (Lipinski definition) is 6. The number of benzene rings is 1. The summed E-state index contributed by atoms with van der Waals surface area (Å²) in [6.45, 7) is 5.24. The highest BCUT2D eigenvalue weighted by Gasteiger charge is 2.31. The standard InChI is InChI=1S/C20H24N2O5S/c1-4-26-19(25)17-13(3)21-20(28)22-18(17)14-8-6-9-15(11-14)27-16(24)10-5-7-12(2)23/h6,8-9,11,18H,4-5,7,10H2,1-3H3,(H2,21,22,28). The van der Waals surface area contributed by atoms with E-state index in [1.807, 2.05) is 6.07 Å². The minimum atomic E-state index is -0.524. The minimum absolute atomic E-state index is 0.0383. The Kier molecular flexibility index (Phi) is 7.69. The van der Waals surface area contributed by atoms with Crippen molar-refractivity contribution in [2.24, 2.45) is 0 Å². The predicted molar refractivity (Wildman–Crippen MR) is 108 cm³/mol. The third-order valence-electron chi connectivity index (χ3n) is 4.10. The number of ketones is 1. The second-order valence-corrected chi connectivity index (χ2v) is 6.80. The molecule has 7 nitrogen and oxygen atoms in total. The van der Waals surface area contributed by atoms with Crippen LogP contribution < -0.4 is 15.4 Å². The van der Waals surface area contributed by atoms with Crippen LogP contribution in [0.4, 0.5) is 0 Å². The van der Waals surface area contributed by atoms with E-state index in [9.17, 15) is 14.4 Å². The molecule has 1 aromatic rings. The van der Waals surface area contributed by atoms with Gasteiger partial charge in [-0.05, 0) is 57.1 Å². The van der Waals surface area contributed by atoms with E-state index >= 15 is 0 Å². The molecule has 0 amide bonds. The average molecular weight is 404 g/mol. The van der Waals surface area contributed by atoms with Crippen LogP contribution in [0.25, 0.3) is 0 Å². The normalized spacial score (nSPS) is 16.1. The van der Waals surface area contributed by atoms with Crippen molar-refractivity contribution in [1.29, 1.82) is 0 Å². The van der Waals surface area contributed by atoms with Crippen LogP contribution in [-0.4, -0.2) is 29.4 Å².